The van der Waals surface area contributed by atoms with E-state index in [0.717, 1.165) is 5.56 Å². The number of hydrogen-bond donors (Lipinski definition) is 2. The van der Waals surface area contributed by atoms with Crippen LogP contribution in [0.2, 0.25) is 5.02 Å². The second-order valence-corrected chi connectivity index (χ2v) is 4.59. The maximum atomic E-state index is 8.28. The number of nitrogens with two attached hydrogens (primary N) is 1. The fourth-order valence-electron chi connectivity index (χ4n) is 1.76. The molecule has 0 atom stereocenters. The highest BCUT2D eigenvalue weighted by molar-refractivity contribution is 6.31. The minimum absolute atomic E-state index is 0.378. The lowest BCUT2D eigenvalue weighted by Crippen LogP contribution is -2.06. The molecule has 96 valence electrons. The first-order valence-corrected chi connectivity index (χ1v) is 6.20. The number of rotatable bonds is 3. The third-order valence-corrected chi connectivity index (χ3v) is 2.82. The Labute approximate surface area is 117 Å². The number of nitrogens with zero attached hydrogens (tertiary/aromatic N) is 1. The zero-order valence-corrected chi connectivity index (χ0v) is 11.3. The zero-order chi connectivity index (χ0) is 13.8. The molecule has 3 N–H and O–H groups in total. The molecule has 0 fully saturated rings. The molecule has 0 spiro atoms. The van der Waals surface area contributed by atoms with Gasteiger partial charge in [-0.3, -0.25) is 5.41 Å². The van der Waals surface area contributed by atoms with Gasteiger partial charge in [0.25, 0.3) is 0 Å². The molecule has 0 aliphatic rings. The monoisotopic (exact) mass is 271 g/mol. The predicted octanol–water partition coefficient (Wildman–Crippen LogP) is 3.76. The van der Waals surface area contributed by atoms with Crippen LogP contribution in [0.3, 0.4) is 0 Å². The fraction of sp³-hybridized carbons (Fsp3) is 0.0667. The normalized spacial score (nSPS) is 11.4. The second kappa shape index (κ2) is 5.67. The summed E-state index contributed by atoms with van der Waals surface area (Å²) in [6, 6.07) is 14.7. The van der Waals surface area contributed by atoms with Crippen LogP contribution in [0.25, 0.3) is 0 Å². The molecule has 0 saturated heterocycles. The molecule has 3 nitrogen and oxygen atoms in total. The lowest BCUT2D eigenvalue weighted by Gasteiger charge is -2.09. The summed E-state index contributed by atoms with van der Waals surface area (Å²) in [5, 5.41) is 8.86. The van der Waals surface area contributed by atoms with E-state index in [9.17, 15) is 0 Å². The second-order valence-electron chi connectivity index (χ2n) is 4.16. The average molecular weight is 272 g/mol. The Balaban J connectivity index is 2.52. The molecule has 0 aliphatic carbocycles. The standard InChI is InChI=1S/C15H14ClN3/c1-10(17)19-14-8-7-12(16)9-13(14)15(18)11-5-3-2-4-6-11/h2-9,18H,1H3,(H2,17,19). The molecule has 2 rings (SSSR count). The molecule has 2 aromatic carbocycles. The van der Waals surface area contributed by atoms with E-state index >= 15 is 0 Å². The van der Waals surface area contributed by atoms with E-state index in [4.69, 9.17) is 22.7 Å². The van der Waals surface area contributed by atoms with Gasteiger partial charge in [0.15, 0.2) is 0 Å². The summed E-state index contributed by atoms with van der Waals surface area (Å²) in [5.74, 6) is 0.449. The van der Waals surface area contributed by atoms with Crippen molar-refractivity contribution < 1.29 is 0 Å². The minimum atomic E-state index is 0.378. The van der Waals surface area contributed by atoms with Crippen LogP contribution in [0, 0.1) is 5.41 Å². The number of benzene rings is 2. The highest BCUT2D eigenvalue weighted by Gasteiger charge is 2.10. The lowest BCUT2D eigenvalue weighted by molar-refractivity contribution is 1.40. The molecule has 0 aromatic heterocycles. The van der Waals surface area contributed by atoms with Crippen LogP contribution in [-0.4, -0.2) is 11.5 Å². The molecule has 19 heavy (non-hydrogen) atoms. The number of hydrogen-bond acceptors (Lipinski definition) is 2. The molecular formula is C15H14ClN3. The van der Waals surface area contributed by atoms with Crippen molar-refractivity contribution in [3.63, 3.8) is 0 Å². The molecule has 0 bridgehead atoms. The largest absolute Gasteiger partial charge is 0.387 e. The van der Waals surface area contributed by atoms with Crippen LogP contribution < -0.4 is 5.73 Å². The molecule has 0 amide bonds. The maximum Gasteiger partial charge on any atom is 0.0965 e. The van der Waals surface area contributed by atoms with E-state index in [1.807, 2.05) is 30.3 Å². The Kier molecular flexibility index (Phi) is 3.97. The van der Waals surface area contributed by atoms with Gasteiger partial charge in [-0.1, -0.05) is 41.9 Å². The van der Waals surface area contributed by atoms with Gasteiger partial charge < -0.3 is 5.73 Å². The number of amidine groups is 1. The molecule has 0 saturated carbocycles. The summed E-state index contributed by atoms with van der Waals surface area (Å²) >= 11 is 6.01. The highest BCUT2D eigenvalue weighted by atomic mass is 35.5. The fourth-order valence-corrected chi connectivity index (χ4v) is 1.93. The van der Waals surface area contributed by atoms with E-state index in [1.54, 1.807) is 25.1 Å². The molecule has 0 unspecified atom stereocenters. The van der Waals surface area contributed by atoms with Crippen LogP contribution in [0.4, 0.5) is 5.69 Å². The van der Waals surface area contributed by atoms with Gasteiger partial charge in [-0.2, -0.15) is 0 Å². The third-order valence-electron chi connectivity index (χ3n) is 2.59. The van der Waals surface area contributed by atoms with Crippen molar-refractivity contribution in [3.05, 3.63) is 64.7 Å². The SMILES string of the molecule is CC(N)=Nc1ccc(Cl)cc1C(=N)c1ccccc1. The van der Waals surface area contributed by atoms with Gasteiger partial charge in [0.05, 0.1) is 17.2 Å². The van der Waals surface area contributed by atoms with Crippen LogP contribution in [-0.2, 0) is 0 Å². The quantitative estimate of drug-likeness (QED) is 0.648. The first kappa shape index (κ1) is 13.3. The van der Waals surface area contributed by atoms with Gasteiger partial charge in [-0.25, -0.2) is 4.99 Å². The summed E-state index contributed by atoms with van der Waals surface area (Å²) < 4.78 is 0. The van der Waals surface area contributed by atoms with Crippen molar-refractivity contribution in [2.75, 3.05) is 0 Å². The van der Waals surface area contributed by atoms with Gasteiger partial charge in [0.2, 0.25) is 0 Å². The smallest absolute Gasteiger partial charge is 0.0965 e. The first-order chi connectivity index (χ1) is 9.08. The summed E-state index contributed by atoms with van der Waals surface area (Å²) in [5.41, 5.74) is 8.13. The van der Waals surface area contributed by atoms with Crippen molar-refractivity contribution in [3.8, 4) is 0 Å². The summed E-state index contributed by atoms with van der Waals surface area (Å²) in [6.07, 6.45) is 0. The Morgan fingerprint density at radius 2 is 1.84 bits per heavy atom. The van der Waals surface area contributed by atoms with E-state index in [0.29, 0.717) is 27.8 Å². The Hall–Kier alpha value is -2.13. The van der Waals surface area contributed by atoms with E-state index in [2.05, 4.69) is 4.99 Å². The Morgan fingerprint density at radius 1 is 1.16 bits per heavy atom. The summed E-state index contributed by atoms with van der Waals surface area (Å²) in [6.45, 7) is 1.71. The van der Waals surface area contributed by atoms with Crippen molar-refractivity contribution in [2.45, 2.75) is 6.92 Å². The van der Waals surface area contributed by atoms with E-state index in [-0.39, 0.29) is 0 Å². The zero-order valence-electron chi connectivity index (χ0n) is 10.5. The molecule has 2 aromatic rings. The Bertz CT molecular complexity index is 629. The minimum Gasteiger partial charge on any atom is -0.387 e. The van der Waals surface area contributed by atoms with Gasteiger partial charge in [0, 0.05) is 16.1 Å². The van der Waals surface area contributed by atoms with Crippen LogP contribution in [0.15, 0.2) is 53.5 Å². The van der Waals surface area contributed by atoms with Crippen molar-refractivity contribution in [1.82, 2.24) is 0 Å². The predicted molar refractivity (Wildman–Crippen MR) is 80.8 cm³/mol. The molecule has 0 aliphatic heterocycles. The Morgan fingerprint density at radius 3 is 2.47 bits per heavy atom. The highest BCUT2D eigenvalue weighted by Crippen LogP contribution is 2.25. The van der Waals surface area contributed by atoms with Crippen molar-refractivity contribution in [2.24, 2.45) is 10.7 Å². The first-order valence-electron chi connectivity index (χ1n) is 5.82. The number of nitrogens with one attached hydrogen (secondary N) is 1. The van der Waals surface area contributed by atoms with E-state index in [1.165, 1.54) is 0 Å². The van der Waals surface area contributed by atoms with Gasteiger partial charge in [-0.05, 0) is 25.1 Å². The lowest BCUT2D eigenvalue weighted by atomic mass is 10.0. The summed E-state index contributed by atoms with van der Waals surface area (Å²) in [7, 11) is 0. The van der Waals surface area contributed by atoms with Gasteiger partial charge in [-0.15, -0.1) is 0 Å². The number of halogens is 1. The van der Waals surface area contributed by atoms with E-state index < -0.39 is 0 Å². The van der Waals surface area contributed by atoms with Crippen LogP contribution in [0.5, 0.6) is 0 Å². The van der Waals surface area contributed by atoms with Crippen LogP contribution in [0.1, 0.15) is 18.1 Å². The molecule has 0 radical (unpaired) electrons. The third kappa shape index (κ3) is 3.20. The van der Waals surface area contributed by atoms with Gasteiger partial charge >= 0.3 is 0 Å². The average Bonchev–Trinajstić information content (AvgIpc) is 2.40. The summed E-state index contributed by atoms with van der Waals surface area (Å²) in [4.78, 5) is 4.24. The number of aliphatic imine (C=N–C) groups is 1. The van der Waals surface area contributed by atoms with Crippen molar-refractivity contribution >= 4 is 28.8 Å². The molecule has 4 heteroatoms. The maximum absolute atomic E-state index is 8.28. The van der Waals surface area contributed by atoms with Crippen LogP contribution >= 0.6 is 11.6 Å². The van der Waals surface area contributed by atoms with Gasteiger partial charge in [0.1, 0.15) is 0 Å². The van der Waals surface area contributed by atoms with Crippen molar-refractivity contribution in [1.29, 1.82) is 5.41 Å². The topological polar surface area (TPSA) is 62.2 Å². The molecular weight excluding hydrogens is 258 g/mol. The molecule has 0 heterocycles.